The monoisotopic (exact) mass is 272 g/mol. The molecular formula is C19H33B. The average Bonchev–Trinajstić information content (AvgIpc) is 2.81. The second kappa shape index (κ2) is 6.28. The first-order valence-electron chi connectivity index (χ1n) is 9.34. The maximum Gasteiger partial charge on any atom is 0.155 e. The van der Waals surface area contributed by atoms with Crippen molar-refractivity contribution in [1.82, 2.24) is 0 Å². The molecule has 5 unspecified atom stereocenters. The van der Waals surface area contributed by atoms with Gasteiger partial charge in [-0.15, -0.1) is 0 Å². The Kier molecular flexibility index (Phi) is 4.63. The predicted octanol–water partition coefficient (Wildman–Crippen LogP) is 6.22. The van der Waals surface area contributed by atoms with E-state index in [1.165, 1.54) is 57.7 Å². The molecule has 0 aromatic heterocycles. The van der Waals surface area contributed by atoms with Gasteiger partial charge in [0.15, 0.2) is 6.71 Å². The maximum atomic E-state index is 2.71. The zero-order chi connectivity index (χ0) is 14.1. The molecule has 0 N–H and O–H groups in total. The van der Waals surface area contributed by atoms with Gasteiger partial charge in [-0.05, 0) is 30.5 Å². The van der Waals surface area contributed by atoms with Crippen LogP contribution in [0.1, 0.15) is 72.1 Å². The van der Waals surface area contributed by atoms with Gasteiger partial charge in [-0.2, -0.15) is 0 Å². The molecule has 3 aliphatic rings. The van der Waals surface area contributed by atoms with Crippen LogP contribution < -0.4 is 0 Å². The van der Waals surface area contributed by atoms with E-state index in [0.717, 1.165) is 36.1 Å². The van der Waals surface area contributed by atoms with Gasteiger partial charge >= 0.3 is 0 Å². The third kappa shape index (κ3) is 2.88. The van der Waals surface area contributed by atoms with E-state index >= 15 is 0 Å². The van der Waals surface area contributed by atoms with Crippen LogP contribution in [0.3, 0.4) is 0 Å². The van der Waals surface area contributed by atoms with Crippen molar-refractivity contribution in [2.75, 3.05) is 0 Å². The van der Waals surface area contributed by atoms with Crippen LogP contribution in [0.25, 0.3) is 0 Å². The van der Waals surface area contributed by atoms with E-state index < -0.39 is 0 Å². The Bertz CT molecular complexity index is 359. The highest BCUT2D eigenvalue weighted by Crippen LogP contribution is 2.51. The molecule has 0 radical (unpaired) electrons. The van der Waals surface area contributed by atoms with Crippen molar-refractivity contribution in [1.29, 1.82) is 0 Å². The fourth-order valence-electron chi connectivity index (χ4n) is 5.80. The van der Waals surface area contributed by atoms with E-state index in [2.05, 4.69) is 26.8 Å². The molecule has 0 saturated heterocycles. The quantitative estimate of drug-likeness (QED) is 0.413. The average molecular weight is 272 g/mol. The minimum absolute atomic E-state index is 0.927. The van der Waals surface area contributed by atoms with Crippen molar-refractivity contribution >= 4 is 6.71 Å². The van der Waals surface area contributed by atoms with E-state index in [4.69, 9.17) is 0 Å². The lowest BCUT2D eigenvalue weighted by atomic mass is 9.28. The minimum atomic E-state index is 0.927. The lowest BCUT2D eigenvalue weighted by Gasteiger charge is -2.40. The van der Waals surface area contributed by atoms with E-state index in [-0.39, 0.29) is 0 Å². The first-order valence-corrected chi connectivity index (χ1v) is 9.34. The number of hydrogen-bond donors (Lipinski definition) is 0. The molecule has 0 spiro atoms. The highest BCUT2D eigenvalue weighted by atomic mass is 14.3. The summed E-state index contributed by atoms with van der Waals surface area (Å²) in [5.74, 6) is 4.90. The molecule has 1 aliphatic heterocycles. The Hall–Kier alpha value is -0.195. The number of allylic oxidation sites excluding steroid dienone is 2. The van der Waals surface area contributed by atoms with Gasteiger partial charge in [0, 0.05) is 0 Å². The molecule has 0 bridgehead atoms. The van der Waals surface area contributed by atoms with Gasteiger partial charge in [0.25, 0.3) is 0 Å². The van der Waals surface area contributed by atoms with Crippen molar-refractivity contribution in [3.05, 3.63) is 11.6 Å². The highest BCUT2D eigenvalue weighted by molar-refractivity contribution is 6.64. The fourth-order valence-corrected chi connectivity index (χ4v) is 5.80. The topological polar surface area (TPSA) is 0 Å². The molecule has 112 valence electrons. The van der Waals surface area contributed by atoms with Crippen LogP contribution in [0, 0.1) is 17.8 Å². The Balaban J connectivity index is 1.76. The van der Waals surface area contributed by atoms with Crippen molar-refractivity contribution in [2.24, 2.45) is 17.8 Å². The van der Waals surface area contributed by atoms with Gasteiger partial charge in [-0.1, -0.05) is 89.0 Å². The molecule has 0 aromatic carbocycles. The molecular weight excluding hydrogens is 239 g/mol. The second-order valence-corrected chi connectivity index (χ2v) is 8.31. The Morgan fingerprint density at radius 2 is 1.55 bits per heavy atom. The lowest BCUT2D eigenvalue weighted by Crippen LogP contribution is -2.35. The fraction of sp³-hybridized carbons (Fsp3) is 0.895. The molecule has 1 heteroatoms. The molecule has 2 saturated carbocycles. The Morgan fingerprint density at radius 1 is 0.900 bits per heavy atom. The third-order valence-electron chi connectivity index (χ3n) is 6.93. The van der Waals surface area contributed by atoms with Crippen LogP contribution in [0.4, 0.5) is 0 Å². The summed E-state index contributed by atoms with van der Waals surface area (Å²) >= 11 is 0. The van der Waals surface area contributed by atoms with E-state index in [1.807, 2.05) is 0 Å². The summed E-state index contributed by atoms with van der Waals surface area (Å²) in [6.07, 6.45) is 16.1. The van der Waals surface area contributed by atoms with Crippen molar-refractivity contribution in [3.63, 3.8) is 0 Å². The predicted molar refractivity (Wildman–Crippen MR) is 90.6 cm³/mol. The van der Waals surface area contributed by atoms with Gasteiger partial charge in [0.1, 0.15) is 0 Å². The van der Waals surface area contributed by atoms with Crippen LogP contribution in [0.5, 0.6) is 0 Å². The van der Waals surface area contributed by atoms with Gasteiger partial charge in [-0.3, -0.25) is 0 Å². The van der Waals surface area contributed by atoms with Gasteiger partial charge in [0.05, 0.1) is 0 Å². The molecule has 20 heavy (non-hydrogen) atoms. The first-order chi connectivity index (χ1) is 9.66. The molecule has 1 heterocycles. The van der Waals surface area contributed by atoms with Crippen LogP contribution in [-0.4, -0.2) is 6.71 Å². The summed E-state index contributed by atoms with van der Waals surface area (Å²) < 4.78 is 0. The van der Waals surface area contributed by atoms with Crippen molar-refractivity contribution < 1.29 is 0 Å². The van der Waals surface area contributed by atoms with Crippen LogP contribution >= 0.6 is 0 Å². The maximum absolute atomic E-state index is 2.71. The summed E-state index contributed by atoms with van der Waals surface area (Å²) in [6, 6.07) is 0. The normalized spacial score (nSPS) is 42.6. The zero-order valence-electron chi connectivity index (χ0n) is 13.9. The molecule has 2 aliphatic carbocycles. The lowest BCUT2D eigenvalue weighted by molar-refractivity contribution is 0.254. The van der Waals surface area contributed by atoms with E-state index in [9.17, 15) is 0 Å². The molecule has 2 fully saturated rings. The molecule has 0 amide bonds. The zero-order valence-corrected chi connectivity index (χ0v) is 13.9. The number of hydrogen-bond acceptors (Lipinski definition) is 0. The number of rotatable bonds is 2. The molecule has 0 nitrogen and oxygen atoms in total. The minimum Gasteiger partial charge on any atom is -0.0901 e. The van der Waals surface area contributed by atoms with Gasteiger partial charge in [-0.25, -0.2) is 0 Å². The third-order valence-corrected chi connectivity index (χ3v) is 6.93. The SMILES string of the molecule is CC1=CC(C2CCCCC2C)B(C2CCCCC2C)C1. The summed E-state index contributed by atoms with van der Waals surface area (Å²) in [6.45, 7) is 8.47. The first kappa shape index (κ1) is 14.7. The van der Waals surface area contributed by atoms with Crippen molar-refractivity contribution in [3.8, 4) is 0 Å². The van der Waals surface area contributed by atoms with Gasteiger partial charge in [0.2, 0.25) is 0 Å². The summed E-state index contributed by atoms with van der Waals surface area (Å²) in [7, 11) is 0. The molecule has 5 atom stereocenters. The highest BCUT2D eigenvalue weighted by Gasteiger charge is 2.43. The summed E-state index contributed by atoms with van der Waals surface area (Å²) in [5.41, 5.74) is 1.70. The summed E-state index contributed by atoms with van der Waals surface area (Å²) in [5, 5.41) is 0. The van der Waals surface area contributed by atoms with Crippen LogP contribution in [0.2, 0.25) is 18.0 Å². The van der Waals surface area contributed by atoms with E-state index in [0.29, 0.717) is 0 Å². The van der Waals surface area contributed by atoms with Crippen LogP contribution in [-0.2, 0) is 0 Å². The summed E-state index contributed by atoms with van der Waals surface area (Å²) in [4.78, 5) is 0. The largest absolute Gasteiger partial charge is 0.155 e. The van der Waals surface area contributed by atoms with E-state index in [1.54, 1.807) is 5.57 Å². The second-order valence-electron chi connectivity index (χ2n) is 8.31. The van der Waals surface area contributed by atoms with Crippen LogP contribution in [0.15, 0.2) is 11.6 Å². The van der Waals surface area contributed by atoms with Gasteiger partial charge < -0.3 is 0 Å². The molecule has 0 aromatic rings. The smallest absolute Gasteiger partial charge is 0.0901 e. The molecule has 3 rings (SSSR count). The Labute approximate surface area is 126 Å². The van der Waals surface area contributed by atoms with Crippen molar-refractivity contribution in [2.45, 2.75) is 90.1 Å². The Morgan fingerprint density at radius 3 is 2.25 bits per heavy atom. The standard InChI is InChI=1S/C19H33B/c1-14-12-19(17-10-6-4-8-15(17)2)20(13-14)18-11-7-5-9-16(18)3/h12,15-19H,4-11,13H2,1-3H3.